The van der Waals surface area contributed by atoms with E-state index in [1.165, 1.54) is 22.2 Å². The monoisotopic (exact) mass is 272 g/mol. The average molecular weight is 272 g/mol. The van der Waals surface area contributed by atoms with Gasteiger partial charge in [0.1, 0.15) is 5.84 Å². The minimum Gasteiger partial charge on any atom is -0.358 e. The van der Waals surface area contributed by atoms with Gasteiger partial charge in [-0.05, 0) is 30.9 Å². The third kappa shape index (κ3) is 1.84. The van der Waals surface area contributed by atoms with Crippen molar-refractivity contribution >= 4 is 29.4 Å². The van der Waals surface area contributed by atoms with Gasteiger partial charge in [-0.25, -0.2) is 10.4 Å². The highest BCUT2D eigenvalue weighted by Gasteiger charge is 2.28. The number of aromatic amines is 1. The van der Waals surface area contributed by atoms with Crippen LogP contribution in [0.2, 0.25) is 0 Å². The first-order valence-corrected chi connectivity index (χ1v) is 7.18. The summed E-state index contributed by atoms with van der Waals surface area (Å²) in [6.45, 7) is 0. The van der Waals surface area contributed by atoms with Crippen LogP contribution in [-0.2, 0) is 12.8 Å². The van der Waals surface area contributed by atoms with Crippen molar-refractivity contribution in [2.45, 2.75) is 24.8 Å². The Hall–Kier alpha value is -1.46. The van der Waals surface area contributed by atoms with E-state index in [4.69, 9.17) is 0 Å². The van der Waals surface area contributed by atoms with Crippen LogP contribution in [0.25, 0.3) is 10.9 Å². The van der Waals surface area contributed by atoms with E-state index < -0.39 is 0 Å². The van der Waals surface area contributed by atoms with Crippen LogP contribution in [0.3, 0.4) is 0 Å². The van der Waals surface area contributed by atoms with Gasteiger partial charge in [0.15, 0.2) is 5.50 Å². The van der Waals surface area contributed by atoms with Gasteiger partial charge < -0.3 is 10.4 Å². The molecule has 0 saturated carbocycles. The van der Waals surface area contributed by atoms with E-state index in [-0.39, 0.29) is 5.50 Å². The van der Waals surface area contributed by atoms with E-state index in [1.807, 2.05) is 0 Å². The van der Waals surface area contributed by atoms with Crippen LogP contribution in [0.15, 0.2) is 29.3 Å². The number of nitrogens with zero attached hydrogens (tertiary/aromatic N) is 1. The zero-order chi connectivity index (χ0) is 12.8. The number of rotatable bonds is 1. The molecule has 0 amide bonds. The summed E-state index contributed by atoms with van der Waals surface area (Å²) in [6, 6.07) is 8.55. The molecular formula is C14H16N4S. The zero-order valence-corrected chi connectivity index (χ0v) is 11.4. The van der Waals surface area contributed by atoms with E-state index in [1.54, 1.807) is 0 Å². The molecule has 1 aromatic carbocycles. The average Bonchev–Trinajstić information content (AvgIpc) is 3.01. The Balaban J connectivity index is 1.71. The third-order valence-electron chi connectivity index (χ3n) is 4.07. The van der Waals surface area contributed by atoms with E-state index in [9.17, 15) is 0 Å². The first kappa shape index (κ1) is 11.4. The van der Waals surface area contributed by atoms with Crippen LogP contribution in [0.1, 0.15) is 17.7 Å². The fourth-order valence-corrected chi connectivity index (χ4v) is 3.33. The van der Waals surface area contributed by atoms with Gasteiger partial charge in [0, 0.05) is 22.5 Å². The van der Waals surface area contributed by atoms with Gasteiger partial charge in [-0.3, -0.25) is 0 Å². The largest absolute Gasteiger partial charge is 0.358 e. The normalized spacial score (nSPS) is 26.1. The molecule has 0 bridgehead atoms. The lowest BCUT2D eigenvalue weighted by Crippen LogP contribution is -2.38. The molecule has 2 heterocycles. The maximum atomic E-state index is 4.50. The van der Waals surface area contributed by atoms with Crippen molar-refractivity contribution < 1.29 is 0 Å². The molecule has 1 aliphatic carbocycles. The fraction of sp³-hybridized carbons (Fsp3) is 0.357. The summed E-state index contributed by atoms with van der Waals surface area (Å²) in [5, 5.41) is 1.36. The van der Waals surface area contributed by atoms with Crippen molar-refractivity contribution in [1.82, 2.24) is 15.8 Å². The first-order valence-electron chi connectivity index (χ1n) is 6.67. The molecule has 2 unspecified atom stereocenters. The van der Waals surface area contributed by atoms with Crippen molar-refractivity contribution in [2.75, 3.05) is 0 Å². The molecule has 4 rings (SSSR count). The molecule has 98 valence electrons. The van der Waals surface area contributed by atoms with E-state index >= 15 is 0 Å². The van der Waals surface area contributed by atoms with Gasteiger partial charge in [0.25, 0.3) is 0 Å². The molecule has 19 heavy (non-hydrogen) atoms. The second-order valence-electron chi connectivity index (χ2n) is 5.22. The summed E-state index contributed by atoms with van der Waals surface area (Å²) < 4.78 is 0. The quantitative estimate of drug-likeness (QED) is 0.600. The summed E-state index contributed by atoms with van der Waals surface area (Å²) >= 11 is 4.31. The van der Waals surface area contributed by atoms with E-state index in [0.717, 1.165) is 25.1 Å². The molecule has 2 atom stereocenters. The Bertz CT molecular complexity index is 661. The van der Waals surface area contributed by atoms with Gasteiger partial charge in [-0.2, -0.15) is 0 Å². The standard InChI is InChI=1S/C14H16N4S/c19-14-16-13(17-18-14)8-5-6-12-10(7-8)9-3-1-2-4-11(9)15-12/h1-4,8,14-15,18-19H,5-7H2,(H,16,17). The van der Waals surface area contributed by atoms with E-state index in [2.05, 4.69) is 57.7 Å². The number of hydrogen-bond donors (Lipinski definition) is 4. The van der Waals surface area contributed by atoms with Gasteiger partial charge in [-0.1, -0.05) is 18.2 Å². The highest BCUT2D eigenvalue weighted by Crippen LogP contribution is 2.32. The number of H-pyrrole nitrogens is 1. The summed E-state index contributed by atoms with van der Waals surface area (Å²) in [4.78, 5) is 8.04. The number of amidine groups is 1. The maximum Gasteiger partial charge on any atom is 0.162 e. The second kappa shape index (κ2) is 4.28. The molecule has 0 spiro atoms. The first-order chi connectivity index (χ1) is 9.31. The zero-order valence-electron chi connectivity index (χ0n) is 10.5. The van der Waals surface area contributed by atoms with E-state index in [0.29, 0.717) is 5.92 Å². The summed E-state index contributed by atoms with van der Waals surface area (Å²) in [5.41, 5.74) is 10.2. The molecule has 1 aliphatic heterocycles. The van der Waals surface area contributed by atoms with Crippen molar-refractivity contribution in [1.29, 1.82) is 0 Å². The number of aliphatic imine (C=N–C) groups is 1. The molecule has 5 heteroatoms. The minimum absolute atomic E-state index is 0.112. The lowest BCUT2D eigenvalue weighted by molar-refractivity contribution is 0.562. The molecule has 1 aromatic heterocycles. The van der Waals surface area contributed by atoms with Crippen LogP contribution in [0, 0.1) is 5.92 Å². The second-order valence-corrected chi connectivity index (χ2v) is 5.71. The molecule has 0 radical (unpaired) electrons. The lowest BCUT2D eigenvalue weighted by Gasteiger charge is -2.22. The van der Waals surface area contributed by atoms with Crippen LogP contribution in [-0.4, -0.2) is 16.3 Å². The summed E-state index contributed by atoms with van der Waals surface area (Å²) in [7, 11) is 0. The molecule has 2 aromatic rings. The molecule has 2 aliphatic rings. The van der Waals surface area contributed by atoms with Crippen molar-refractivity contribution in [3.8, 4) is 0 Å². The van der Waals surface area contributed by atoms with Crippen LogP contribution in [0.5, 0.6) is 0 Å². The number of para-hydroxylation sites is 1. The van der Waals surface area contributed by atoms with Crippen molar-refractivity contribution in [3.05, 3.63) is 35.5 Å². The number of hydrogen-bond acceptors (Lipinski definition) is 4. The Labute approximate surface area is 117 Å². The SMILES string of the molecule is SC1N=C(C2CCc3[nH]c4ccccc4c3C2)NN1. The number of aromatic nitrogens is 1. The third-order valence-corrected chi connectivity index (χ3v) is 4.32. The maximum absolute atomic E-state index is 4.50. The molecule has 3 N–H and O–H groups in total. The number of hydrazine groups is 1. The Morgan fingerprint density at radius 3 is 3.00 bits per heavy atom. The fourth-order valence-electron chi connectivity index (χ4n) is 3.15. The molecular weight excluding hydrogens is 256 g/mol. The van der Waals surface area contributed by atoms with Crippen LogP contribution in [0.4, 0.5) is 0 Å². The van der Waals surface area contributed by atoms with Gasteiger partial charge >= 0.3 is 0 Å². The molecule has 0 fully saturated rings. The highest BCUT2D eigenvalue weighted by molar-refractivity contribution is 7.80. The van der Waals surface area contributed by atoms with Gasteiger partial charge in [0.05, 0.1) is 0 Å². The Morgan fingerprint density at radius 2 is 2.16 bits per heavy atom. The minimum atomic E-state index is -0.112. The smallest absolute Gasteiger partial charge is 0.162 e. The number of fused-ring (bicyclic) bond motifs is 3. The number of aryl methyl sites for hydroxylation is 1. The molecule has 0 saturated heterocycles. The molecule has 4 nitrogen and oxygen atoms in total. The lowest BCUT2D eigenvalue weighted by atomic mass is 9.85. The summed E-state index contributed by atoms with van der Waals surface area (Å²) in [6.07, 6.45) is 3.27. The highest BCUT2D eigenvalue weighted by atomic mass is 32.1. The Morgan fingerprint density at radius 1 is 1.26 bits per heavy atom. The predicted molar refractivity (Wildman–Crippen MR) is 80.3 cm³/mol. The predicted octanol–water partition coefficient (Wildman–Crippen LogP) is 1.99. The van der Waals surface area contributed by atoms with Crippen molar-refractivity contribution in [2.24, 2.45) is 10.9 Å². The van der Waals surface area contributed by atoms with Crippen molar-refractivity contribution in [3.63, 3.8) is 0 Å². The topological polar surface area (TPSA) is 52.2 Å². The summed E-state index contributed by atoms with van der Waals surface area (Å²) in [5.74, 6) is 1.52. The van der Waals surface area contributed by atoms with Crippen LogP contribution >= 0.6 is 12.6 Å². The Kier molecular flexibility index (Phi) is 2.56. The van der Waals surface area contributed by atoms with Gasteiger partial charge in [0.2, 0.25) is 0 Å². The number of thiol groups is 1. The van der Waals surface area contributed by atoms with Crippen LogP contribution < -0.4 is 10.9 Å². The number of benzene rings is 1. The number of nitrogens with one attached hydrogen (secondary N) is 3. The van der Waals surface area contributed by atoms with Gasteiger partial charge in [-0.15, -0.1) is 12.6 Å².